The minimum absolute atomic E-state index is 0.536. The zero-order chi connectivity index (χ0) is 14.5. The molecule has 1 unspecified atom stereocenters. The minimum Gasteiger partial charge on any atom is -0.493 e. The van der Waals surface area contributed by atoms with Crippen molar-refractivity contribution in [2.24, 2.45) is 0 Å². The normalized spacial score (nSPS) is 17.3. The van der Waals surface area contributed by atoms with Crippen molar-refractivity contribution >= 4 is 11.8 Å². The summed E-state index contributed by atoms with van der Waals surface area (Å²) in [6.07, 6.45) is 3.14. The monoisotopic (exact) mass is 288 g/mol. The zero-order valence-corrected chi connectivity index (χ0v) is 13.0. The molecule has 0 amide bonds. The molecule has 0 aromatic heterocycles. The summed E-state index contributed by atoms with van der Waals surface area (Å²) in [6.45, 7) is 7.91. The van der Waals surface area contributed by atoms with Crippen molar-refractivity contribution in [2.75, 3.05) is 13.2 Å². The van der Waals surface area contributed by atoms with Crippen LogP contribution in [-0.2, 0) is 0 Å². The van der Waals surface area contributed by atoms with Crippen LogP contribution < -0.4 is 4.74 Å². The Morgan fingerprint density at radius 2 is 2.05 bits per heavy atom. The van der Waals surface area contributed by atoms with Crippen LogP contribution in [0.4, 0.5) is 0 Å². The SMILES string of the molecule is Cc1cc(C#N)cc(C)c1OCCCN1C=CSC1C. The molecule has 4 heteroatoms. The average molecular weight is 288 g/mol. The van der Waals surface area contributed by atoms with Crippen LogP contribution in [0.5, 0.6) is 5.75 Å². The second kappa shape index (κ2) is 6.71. The Morgan fingerprint density at radius 3 is 2.60 bits per heavy atom. The Kier molecular flexibility index (Phi) is 4.97. The molecular formula is C16H20N2OS. The van der Waals surface area contributed by atoms with E-state index in [-0.39, 0.29) is 0 Å². The summed E-state index contributed by atoms with van der Waals surface area (Å²) < 4.78 is 5.90. The molecule has 1 aromatic carbocycles. The molecule has 0 bridgehead atoms. The Labute approximate surface area is 125 Å². The molecule has 0 fully saturated rings. The number of hydrogen-bond donors (Lipinski definition) is 0. The minimum atomic E-state index is 0.536. The summed E-state index contributed by atoms with van der Waals surface area (Å²) in [4.78, 5) is 2.33. The predicted molar refractivity (Wildman–Crippen MR) is 83.6 cm³/mol. The number of hydrogen-bond acceptors (Lipinski definition) is 4. The summed E-state index contributed by atoms with van der Waals surface area (Å²) in [5.41, 5.74) is 2.76. The van der Waals surface area contributed by atoms with Gasteiger partial charge in [0, 0.05) is 12.7 Å². The highest BCUT2D eigenvalue weighted by Gasteiger charge is 2.14. The molecule has 3 nitrogen and oxygen atoms in total. The molecule has 2 rings (SSSR count). The van der Waals surface area contributed by atoms with E-state index in [0.29, 0.717) is 17.5 Å². The summed E-state index contributed by atoms with van der Waals surface area (Å²) in [7, 11) is 0. The molecule has 0 saturated carbocycles. The fourth-order valence-electron chi connectivity index (χ4n) is 2.35. The molecule has 20 heavy (non-hydrogen) atoms. The maximum atomic E-state index is 8.93. The molecule has 0 radical (unpaired) electrons. The van der Waals surface area contributed by atoms with Gasteiger partial charge in [0.05, 0.1) is 23.6 Å². The lowest BCUT2D eigenvalue weighted by Crippen LogP contribution is -2.24. The number of ether oxygens (including phenoxy) is 1. The fraction of sp³-hybridized carbons (Fsp3) is 0.438. The van der Waals surface area contributed by atoms with Crippen molar-refractivity contribution in [2.45, 2.75) is 32.6 Å². The molecule has 0 saturated heterocycles. The number of thioether (sulfide) groups is 1. The van der Waals surface area contributed by atoms with Crippen LogP contribution in [0.3, 0.4) is 0 Å². The van der Waals surface area contributed by atoms with Gasteiger partial charge in [0.25, 0.3) is 0 Å². The van der Waals surface area contributed by atoms with Crippen molar-refractivity contribution in [1.29, 1.82) is 5.26 Å². The average Bonchev–Trinajstić information content (AvgIpc) is 2.82. The largest absolute Gasteiger partial charge is 0.493 e. The van der Waals surface area contributed by atoms with Gasteiger partial charge < -0.3 is 9.64 Å². The number of benzene rings is 1. The van der Waals surface area contributed by atoms with E-state index < -0.39 is 0 Å². The fourth-order valence-corrected chi connectivity index (χ4v) is 3.13. The lowest BCUT2D eigenvalue weighted by molar-refractivity contribution is 0.273. The van der Waals surface area contributed by atoms with Crippen LogP contribution in [0.1, 0.15) is 30.0 Å². The molecule has 1 aliphatic heterocycles. The van der Waals surface area contributed by atoms with E-state index in [1.165, 1.54) is 0 Å². The third-order valence-corrected chi connectivity index (χ3v) is 4.33. The maximum absolute atomic E-state index is 8.93. The van der Waals surface area contributed by atoms with Gasteiger partial charge in [-0.05, 0) is 55.9 Å². The molecule has 1 aliphatic rings. The highest BCUT2D eigenvalue weighted by atomic mass is 32.2. The molecule has 0 aliphatic carbocycles. The van der Waals surface area contributed by atoms with Crippen LogP contribution in [-0.4, -0.2) is 23.4 Å². The van der Waals surface area contributed by atoms with Gasteiger partial charge in [0.15, 0.2) is 0 Å². The first-order valence-electron chi connectivity index (χ1n) is 6.84. The first-order chi connectivity index (χ1) is 9.61. The van der Waals surface area contributed by atoms with Crippen LogP contribution in [0.25, 0.3) is 0 Å². The van der Waals surface area contributed by atoms with Gasteiger partial charge in [0.1, 0.15) is 5.75 Å². The summed E-state index contributed by atoms with van der Waals surface area (Å²) in [6, 6.07) is 5.93. The molecule has 1 aromatic rings. The number of aryl methyl sites for hydroxylation is 2. The summed E-state index contributed by atoms with van der Waals surface area (Å²) >= 11 is 1.84. The topological polar surface area (TPSA) is 36.3 Å². The molecule has 106 valence electrons. The quantitative estimate of drug-likeness (QED) is 0.772. The predicted octanol–water partition coefficient (Wildman–Crippen LogP) is 3.81. The van der Waals surface area contributed by atoms with Crippen molar-refractivity contribution in [3.8, 4) is 11.8 Å². The van der Waals surface area contributed by atoms with Crippen molar-refractivity contribution in [3.05, 3.63) is 40.4 Å². The third-order valence-electron chi connectivity index (χ3n) is 3.39. The first-order valence-corrected chi connectivity index (χ1v) is 7.78. The second-order valence-electron chi connectivity index (χ2n) is 5.01. The maximum Gasteiger partial charge on any atom is 0.125 e. The summed E-state index contributed by atoms with van der Waals surface area (Å²) in [5, 5.41) is 11.6. The Balaban J connectivity index is 1.85. The Morgan fingerprint density at radius 1 is 1.35 bits per heavy atom. The van der Waals surface area contributed by atoms with E-state index in [0.717, 1.165) is 29.8 Å². The number of nitriles is 1. The number of nitrogens with zero attached hydrogens (tertiary/aromatic N) is 2. The van der Waals surface area contributed by atoms with Gasteiger partial charge in [0.2, 0.25) is 0 Å². The van der Waals surface area contributed by atoms with Crippen LogP contribution >= 0.6 is 11.8 Å². The van der Waals surface area contributed by atoms with Crippen molar-refractivity contribution in [1.82, 2.24) is 4.90 Å². The highest BCUT2D eigenvalue weighted by Crippen LogP contribution is 2.26. The zero-order valence-electron chi connectivity index (χ0n) is 12.2. The van der Waals surface area contributed by atoms with Crippen molar-refractivity contribution in [3.63, 3.8) is 0 Å². The molecular weight excluding hydrogens is 268 g/mol. The van der Waals surface area contributed by atoms with Crippen LogP contribution in [0.2, 0.25) is 0 Å². The highest BCUT2D eigenvalue weighted by molar-refractivity contribution is 8.02. The van der Waals surface area contributed by atoms with E-state index in [1.54, 1.807) is 0 Å². The van der Waals surface area contributed by atoms with E-state index >= 15 is 0 Å². The van der Waals surface area contributed by atoms with Gasteiger partial charge in [-0.3, -0.25) is 0 Å². The van der Waals surface area contributed by atoms with E-state index in [9.17, 15) is 0 Å². The van der Waals surface area contributed by atoms with E-state index in [4.69, 9.17) is 10.00 Å². The Bertz CT molecular complexity index is 525. The molecule has 1 atom stereocenters. The molecule has 0 spiro atoms. The lowest BCUT2D eigenvalue weighted by Gasteiger charge is -2.21. The standard InChI is InChI=1S/C16H20N2OS/c1-12-9-15(11-17)10-13(2)16(12)19-7-4-5-18-6-8-20-14(18)3/h6,8-10,14H,4-5,7H2,1-3H3. The van der Waals surface area contributed by atoms with Crippen molar-refractivity contribution < 1.29 is 4.74 Å². The Hall–Kier alpha value is -1.60. The lowest BCUT2D eigenvalue weighted by atomic mass is 10.1. The molecule has 1 heterocycles. The number of rotatable bonds is 5. The van der Waals surface area contributed by atoms with Crippen LogP contribution in [0.15, 0.2) is 23.7 Å². The van der Waals surface area contributed by atoms with Crippen LogP contribution in [0, 0.1) is 25.2 Å². The smallest absolute Gasteiger partial charge is 0.125 e. The van der Waals surface area contributed by atoms with E-state index in [2.05, 4.69) is 29.5 Å². The van der Waals surface area contributed by atoms with Gasteiger partial charge in [-0.2, -0.15) is 5.26 Å². The van der Waals surface area contributed by atoms with E-state index in [1.807, 2.05) is 37.7 Å². The summed E-state index contributed by atoms with van der Waals surface area (Å²) in [5.74, 6) is 0.920. The third kappa shape index (κ3) is 3.49. The van der Waals surface area contributed by atoms with Gasteiger partial charge in [-0.1, -0.05) is 0 Å². The van der Waals surface area contributed by atoms with Gasteiger partial charge >= 0.3 is 0 Å². The molecule has 0 N–H and O–H groups in total. The van der Waals surface area contributed by atoms with Gasteiger partial charge in [-0.15, -0.1) is 11.8 Å². The first kappa shape index (κ1) is 14.8. The second-order valence-corrected chi connectivity index (χ2v) is 6.24. The van der Waals surface area contributed by atoms with Gasteiger partial charge in [-0.25, -0.2) is 0 Å².